The summed E-state index contributed by atoms with van der Waals surface area (Å²) < 4.78 is 18.6. The highest BCUT2D eigenvalue weighted by molar-refractivity contribution is 7.98. The second-order valence-corrected chi connectivity index (χ2v) is 4.93. The number of anilines is 1. The molecule has 0 radical (unpaired) electrons. The van der Waals surface area contributed by atoms with E-state index in [4.69, 9.17) is 4.42 Å². The Balaban J connectivity index is 2.29. The number of hydrogen-bond acceptors (Lipinski definition) is 4. The van der Waals surface area contributed by atoms with Gasteiger partial charge >= 0.3 is 0 Å². The monoisotopic (exact) mass is 254 g/mol. The predicted octanol–water partition coefficient (Wildman–Crippen LogP) is 3.15. The van der Waals surface area contributed by atoms with E-state index in [1.807, 2.05) is 11.9 Å². The fourth-order valence-electron chi connectivity index (χ4n) is 1.58. The molecule has 1 heterocycles. The lowest BCUT2D eigenvalue weighted by Gasteiger charge is -2.21. The molecule has 2 aromatic rings. The average Bonchev–Trinajstić information content (AvgIpc) is 2.71. The molecular formula is C12H15FN2OS. The van der Waals surface area contributed by atoms with Crippen molar-refractivity contribution in [1.29, 1.82) is 0 Å². The third kappa shape index (κ3) is 2.54. The molecule has 0 aliphatic heterocycles. The fourth-order valence-corrected chi connectivity index (χ4v) is 2.29. The molecule has 0 aliphatic rings. The van der Waals surface area contributed by atoms with Crippen molar-refractivity contribution < 1.29 is 8.81 Å². The van der Waals surface area contributed by atoms with E-state index in [9.17, 15) is 4.39 Å². The summed E-state index contributed by atoms with van der Waals surface area (Å²) in [5, 5.41) is 0. The van der Waals surface area contributed by atoms with Crippen molar-refractivity contribution >= 4 is 28.9 Å². The minimum Gasteiger partial charge on any atom is -0.423 e. The first-order valence-corrected chi connectivity index (χ1v) is 6.79. The molecule has 0 spiro atoms. The van der Waals surface area contributed by atoms with Crippen molar-refractivity contribution in [2.45, 2.75) is 13.0 Å². The van der Waals surface area contributed by atoms with Crippen LogP contribution in [0.25, 0.3) is 11.1 Å². The van der Waals surface area contributed by atoms with Crippen LogP contribution >= 0.6 is 11.8 Å². The second kappa shape index (κ2) is 4.96. The molecule has 1 atom stereocenters. The number of aromatic nitrogens is 1. The van der Waals surface area contributed by atoms with Gasteiger partial charge in [-0.15, -0.1) is 0 Å². The predicted molar refractivity (Wildman–Crippen MR) is 70.2 cm³/mol. The molecule has 0 aliphatic carbocycles. The van der Waals surface area contributed by atoms with E-state index in [0.29, 0.717) is 23.2 Å². The van der Waals surface area contributed by atoms with Gasteiger partial charge in [0.15, 0.2) is 5.58 Å². The Morgan fingerprint density at radius 1 is 1.53 bits per heavy atom. The molecule has 0 N–H and O–H groups in total. The number of hydrogen-bond donors (Lipinski definition) is 0. The van der Waals surface area contributed by atoms with Crippen LogP contribution in [0.4, 0.5) is 10.4 Å². The Hall–Kier alpha value is -1.23. The summed E-state index contributed by atoms with van der Waals surface area (Å²) in [7, 11) is 1.93. The molecule has 0 fully saturated rings. The summed E-state index contributed by atoms with van der Waals surface area (Å²) in [4.78, 5) is 6.25. The topological polar surface area (TPSA) is 29.3 Å². The van der Waals surface area contributed by atoms with Crippen LogP contribution in [0.2, 0.25) is 0 Å². The summed E-state index contributed by atoms with van der Waals surface area (Å²) >= 11 is 1.77. The molecule has 5 heteroatoms. The van der Waals surface area contributed by atoms with Crippen LogP contribution < -0.4 is 4.90 Å². The zero-order valence-corrected chi connectivity index (χ0v) is 10.9. The average molecular weight is 254 g/mol. The van der Waals surface area contributed by atoms with Gasteiger partial charge in [0.05, 0.1) is 0 Å². The van der Waals surface area contributed by atoms with Crippen molar-refractivity contribution in [1.82, 2.24) is 4.98 Å². The zero-order chi connectivity index (χ0) is 12.4. The largest absolute Gasteiger partial charge is 0.423 e. The van der Waals surface area contributed by atoms with E-state index in [2.05, 4.69) is 18.2 Å². The van der Waals surface area contributed by atoms with E-state index < -0.39 is 0 Å². The quantitative estimate of drug-likeness (QED) is 0.838. The maximum absolute atomic E-state index is 13.0. The van der Waals surface area contributed by atoms with Crippen LogP contribution in [-0.2, 0) is 0 Å². The SMILES string of the molecule is CSCC(C)N(C)c1nc2cc(F)ccc2o1. The van der Waals surface area contributed by atoms with Crippen LogP contribution in [0, 0.1) is 5.82 Å². The molecule has 3 nitrogen and oxygen atoms in total. The first kappa shape index (κ1) is 12.2. The number of halogens is 1. The van der Waals surface area contributed by atoms with Gasteiger partial charge in [-0.3, -0.25) is 0 Å². The first-order chi connectivity index (χ1) is 8.11. The van der Waals surface area contributed by atoms with Crippen LogP contribution in [-0.4, -0.2) is 30.1 Å². The van der Waals surface area contributed by atoms with Gasteiger partial charge in [-0.05, 0) is 25.3 Å². The van der Waals surface area contributed by atoms with Gasteiger partial charge in [0.25, 0.3) is 6.01 Å². The van der Waals surface area contributed by atoms with Gasteiger partial charge in [0.1, 0.15) is 11.3 Å². The summed E-state index contributed by atoms with van der Waals surface area (Å²) in [6.45, 7) is 2.10. The van der Waals surface area contributed by atoms with Gasteiger partial charge < -0.3 is 9.32 Å². The van der Waals surface area contributed by atoms with Crippen molar-refractivity contribution in [2.75, 3.05) is 24.0 Å². The Kier molecular flexibility index (Phi) is 3.57. The van der Waals surface area contributed by atoms with Gasteiger partial charge in [0.2, 0.25) is 0 Å². The Labute approximate surface area is 104 Å². The zero-order valence-electron chi connectivity index (χ0n) is 10.1. The van der Waals surface area contributed by atoms with E-state index in [1.54, 1.807) is 17.8 Å². The van der Waals surface area contributed by atoms with Gasteiger partial charge in [-0.2, -0.15) is 16.7 Å². The molecule has 0 amide bonds. The van der Waals surface area contributed by atoms with E-state index in [1.165, 1.54) is 12.1 Å². The van der Waals surface area contributed by atoms with Gasteiger partial charge in [0, 0.05) is 24.9 Å². The maximum atomic E-state index is 13.0. The molecule has 0 saturated heterocycles. The highest BCUT2D eigenvalue weighted by atomic mass is 32.2. The number of nitrogens with zero attached hydrogens (tertiary/aromatic N) is 2. The smallest absolute Gasteiger partial charge is 0.298 e. The fraction of sp³-hybridized carbons (Fsp3) is 0.417. The molecule has 1 aromatic heterocycles. The van der Waals surface area contributed by atoms with E-state index in [-0.39, 0.29) is 5.82 Å². The van der Waals surface area contributed by atoms with Crippen LogP contribution in [0.15, 0.2) is 22.6 Å². The minimum absolute atomic E-state index is 0.294. The van der Waals surface area contributed by atoms with Crippen LogP contribution in [0.5, 0.6) is 0 Å². The van der Waals surface area contributed by atoms with Crippen molar-refractivity contribution in [3.05, 3.63) is 24.0 Å². The maximum Gasteiger partial charge on any atom is 0.298 e. The van der Waals surface area contributed by atoms with Crippen molar-refractivity contribution in [2.24, 2.45) is 0 Å². The molecule has 1 aromatic carbocycles. The Morgan fingerprint density at radius 3 is 3.00 bits per heavy atom. The van der Waals surface area contributed by atoms with Crippen LogP contribution in [0.1, 0.15) is 6.92 Å². The summed E-state index contributed by atoms with van der Waals surface area (Å²) in [5.74, 6) is 0.695. The molecule has 0 saturated carbocycles. The molecular weight excluding hydrogens is 239 g/mol. The number of oxazole rings is 1. The summed E-state index contributed by atoms with van der Waals surface area (Å²) in [6, 6.07) is 5.22. The van der Waals surface area contributed by atoms with Crippen molar-refractivity contribution in [3.8, 4) is 0 Å². The Morgan fingerprint density at radius 2 is 2.29 bits per heavy atom. The lowest BCUT2D eigenvalue weighted by molar-refractivity contribution is 0.563. The van der Waals surface area contributed by atoms with Crippen molar-refractivity contribution in [3.63, 3.8) is 0 Å². The normalized spacial score (nSPS) is 12.9. The third-order valence-corrected chi connectivity index (χ3v) is 3.52. The number of benzene rings is 1. The van der Waals surface area contributed by atoms with E-state index >= 15 is 0 Å². The lowest BCUT2D eigenvalue weighted by Crippen LogP contribution is -2.30. The Bertz CT molecular complexity index is 514. The standard InChI is InChI=1S/C12H15FN2OS/c1-8(7-17-3)15(2)12-14-10-6-9(13)4-5-11(10)16-12/h4-6,8H,7H2,1-3H3. The summed E-state index contributed by atoms with van der Waals surface area (Å²) in [6.07, 6.45) is 2.06. The molecule has 92 valence electrons. The van der Waals surface area contributed by atoms with E-state index in [0.717, 1.165) is 5.75 Å². The number of thioether (sulfide) groups is 1. The molecule has 0 bridgehead atoms. The minimum atomic E-state index is -0.294. The highest BCUT2D eigenvalue weighted by Gasteiger charge is 2.15. The number of fused-ring (bicyclic) bond motifs is 1. The van der Waals surface area contributed by atoms with Gasteiger partial charge in [-0.1, -0.05) is 0 Å². The van der Waals surface area contributed by atoms with Crippen LogP contribution in [0.3, 0.4) is 0 Å². The number of rotatable bonds is 4. The lowest BCUT2D eigenvalue weighted by atomic mass is 10.3. The second-order valence-electron chi connectivity index (χ2n) is 4.02. The molecule has 1 unspecified atom stereocenters. The molecule has 17 heavy (non-hydrogen) atoms. The van der Waals surface area contributed by atoms with Gasteiger partial charge in [-0.25, -0.2) is 4.39 Å². The molecule has 2 rings (SSSR count). The first-order valence-electron chi connectivity index (χ1n) is 5.39. The summed E-state index contributed by atoms with van der Waals surface area (Å²) in [5.41, 5.74) is 1.17. The highest BCUT2D eigenvalue weighted by Crippen LogP contribution is 2.23. The third-order valence-electron chi connectivity index (χ3n) is 2.71.